The fraction of sp³-hybridized carbons (Fsp3) is 0.320. The van der Waals surface area contributed by atoms with Crippen molar-refractivity contribution in [1.29, 1.82) is 0 Å². The summed E-state index contributed by atoms with van der Waals surface area (Å²) < 4.78 is 6.69. The fourth-order valence-electron chi connectivity index (χ4n) is 4.77. The van der Waals surface area contributed by atoms with Gasteiger partial charge >= 0.3 is 0 Å². The van der Waals surface area contributed by atoms with E-state index in [-0.39, 0.29) is 18.0 Å². The predicted octanol–water partition coefficient (Wildman–Crippen LogP) is 3.60. The van der Waals surface area contributed by atoms with E-state index < -0.39 is 0 Å². The highest BCUT2D eigenvalue weighted by Crippen LogP contribution is 2.34. The maximum atomic E-state index is 13.0. The Hall–Kier alpha value is -3.61. The smallest absolute Gasteiger partial charge is 0.275 e. The standard InChI is InChI=1S/C25H26N4O3/c1-16-19-5-3-4-6-20(19)25(31)29(27-16)15-24(30)28-11-9-17(10-12-28)22-14-26-23-8-7-18(32-2)13-21(22)23/h3-8,13-14,17,26H,9-12,15H2,1-2H3. The quantitative estimate of drug-likeness (QED) is 0.536. The van der Waals surface area contributed by atoms with E-state index in [1.54, 1.807) is 13.2 Å². The third kappa shape index (κ3) is 3.53. The van der Waals surface area contributed by atoms with Gasteiger partial charge in [-0.1, -0.05) is 18.2 Å². The van der Waals surface area contributed by atoms with Crippen LogP contribution in [0, 0.1) is 6.92 Å². The molecule has 0 spiro atoms. The molecule has 1 saturated heterocycles. The van der Waals surface area contributed by atoms with E-state index in [4.69, 9.17) is 4.74 Å². The molecule has 7 heteroatoms. The van der Waals surface area contributed by atoms with Crippen LogP contribution < -0.4 is 10.3 Å². The number of H-pyrrole nitrogens is 1. The summed E-state index contributed by atoms with van der Waals surface area (Å²) in [6, 6.07) is 13.4. The lowest BCUT2D eigenvalue weighted by Crippen LogP contribution is -2.41. The Labute approximate surface area is 185 Å². The Bertz CT molecular complexity index is 1360. The van der Waals surface area contributed by atoms with Crippen LogP contribution in [0.15, 0.2) is 53.5 Å². The molecule has 0 aliphatic carbocycles. The van der Waals surface area contributed by atoms with Gasteiger partial charge in [0.25, 0.3) is 5.56 Å². The number of nitrogens with zero attached hydrogens (tertiary/aromatic N) is 3. The topological polar surface area (TPSA) is 80.2 Å². The first-order chi connectivity index (χ1) is 15.5. The number of amides is 1. The Morgan fingerprint density at radius 1 is 1.12 bits per heavy atom. The van der Waals surface area contributed by atoms with Gasteiger partial charge < -0.3 is 14.6 Å². The molecule has 0 radical (unpaired) electrons. The molecule has 0 saturated carbocycles. The van der Waals surface area contributed by atoms with Crippen LogP contribution in [-0.2, 0) is 11.3 Å². The molecule has 2 aromatic carbocycles. The second-order valence-corrected chi connectivity index (χ2v) is 8.40. The molecule has 4 aromatic rings. The average Bonchev–Trinajstić information content (AvgIpc) is 3.25. The largest absolute Gasteiger partial charge is 0.497 e. The maximum absolute atomic E-state index is 13.0. The van der Waals surface area contributed by atoms with Crippen molar-refractivity contribution in [3.05, 3.63) is 70.3 Å². The summed E-state index contributed by atoms with van der Waals surface area (Å²) in [6.45, 7) is 3.17. The van der Waals surface area contributed by atoms with E-state index >= 15 is 0 Å². The van der Waals surface area contributed by atoms with E-state index in [0.717, 1.165) is 35.2 Å². The lowest BCUT2D eigenvalue weighted by molar-refractivity contribution is -0.133. The van der Waals surface area contributed by atoms with Crippen molar-refractivity contribution in [1.82, 2.24) is 19.7 Å². The number of piperidine rings is 1. The Morgan fingerprint density at radius 2 is 1.88 bits per heavy atom. The van der Waals surface area contributed by atoms with Crippen molar-refractivity contribution in [3.8, 4) is 5.75 Å². The second kappa shape index (κ2) is 8.15. The summed E-state index contributed by atoms with van der Waals surface area (Å²) >= 11 is 0. The summed E-state index contributed by atoms with van der Waals surface area (Å²) in [7, 11) is 1.68. The minimum Gasteiger partial charge on any atom is -0.497 e. The number of aromatic nitrogens is 3. The molecule has 1 fully saturated rings. The van der Waals surface area contributed by atoms with Crippen LogP contribution in [0.2, 0.25) is 0 Å². The molecule has 0 bridgehead atoms. The highest BCUT2D eigenvalue weighted by molar-refractivity contribution is 5.85. The number of hydrogen-bond acceptors (Lipinski definition) is 4. The van der Waals surface area contributed by atoms with Gasteiger partial charge in [0.05, 0.1) is 18.2 Å². The number of carbonyl (C=O) groups excluding carboxylic acids is 1. The van der Waals surface area contributed by atoms with Gasteiger partial charge in [0, 0.05) is 35.6 Å². The average molecular weight is 431 g/mol. The number of fused-ring (bicyclic) bond motifs is 2. The number of benzene rings is 2. The van der Waals surface area contributed by atoms with Crippen LogP contribution >= 0.6 is 0 Å². The van der Waals surface area contributed by atoms with Crippen molar-refractivity contribution >= 4 is 27.6 Å². The van der Waals surface area contributed by atoms with Gasteiger partial charge in [-0.25, -0.2) is 4.68 Å². The number of ether oxygens (including phenoxy) is 1. The van der Waals surface area contributed by atoms with Crippen LogP contribution in [0.3, 0.4) is 0 Å². The molecule has 3 heterocycles. The summed E-state index contributed by atoms with van der Waals surface area (Å²) in [4.78, 5) is 31.0. The number of nitrogens with one attached hydrogen (secondary N) is 1. The summed E-state index contributed by atoms with van der Waals surface area (Å²) in [6.07, 6.45) is 3.84. The number of aryl methyl sites for hydroxylation is 1. The predicted molar refractivity (Wildman–Crippen MR) is 124 cm³/mol. The SMILES string of the molecule is COc1ccc2[nH]cc(C3CCN(C(=O)Cn4nc(C)c5ccccc5c4=O)CC3)c2c1. The van der Waals surface area contributed by atoms with Crippen molar-refractivity contribution < 1.29 is 9.53 Å². The molecule has 1 N–H and O–H groups in total. The molecule has 0 unspecified atom stereocenters. The zero-order chi connectivity index (χ0) is 22.2. The molecular formula is C25H26N4O3. The van der Waals surface area contributed by atoms with E-state index in [2.05, 4.69) is 22.3 Å². The highest BCUT2D eigenvalue weighted by atomic mass is 16.5. The normalized spacial score (nSPS) is 14.9. The van der Waals surface area contributed by atoms with Crippen molar-refractivity contribution in [2.75, 3.05) is 20.2 Å². The zero-order valence-electron chi connectivity index (χ0n) is 18.3. The van der Waals surface area contributed by atoms with E-state index in [9.17, 15) is 9.59 Å². The number of aromatic amines is 1. The Morgan fingerprint density at radius 3 is 2.62 bits per heavy atom. The minimum absolute atomic E-state index is 0.0283. The van der Waals surface area contributed by atoms with Crippen LogP contribution in [0.25, 0.3) is 21.7 Å². The van der Waals surface area contributed by atoms with Gasteiger partial charge in [-0.2, -0.15) is 5.10 Å². The van der Waals surface area contributed by atoms with Crippen molar-refractivity contribution in [2.45, 2.75) is 32.2 Å². The van der Waals surface area contributed by atoms with Gasteiger partial charge in [0.1, 0.15) is 12.3 Å². The van der Waals surface area contributed by atoms with Crippen LogP contribution in [0.5, 0.6) is 5.75 Å². The first-order valence-electron chi connectivity index (χ1n) is 10.9. The lowest BCUT2D eigenvalue weighted by Gasteiger charge is -2.32. The maximum Gasteiger partial charge on any atom is 0.275 e. The summed E-state index contributed by atoms with van der Waals surface area (Å²) in [5, 5.41) is 6.99. The third-order valence-corrected chi connectivity index (χ3v) is 6.55. The molecule has 1 aliphatic heterocycles. The molecule has 0 atom stereocenters. The molecular weight excluding hydrogens is 404 g/mol. The number of rotatable bonds is 4. The van der Waals surface area contributed by atoms with Gasteiger partial charge in [0.2, 0.25) is 5.91 Å². The monoisotopic (exact) mass is 430 g/mol. The Kier molecular flexibility index (Phi) is 5.17. The number of methoxy groups -OCH3 is 1. The third-order valence-electron chi connectivity index (χ3n) is 6.55. The molecule has 1 amide bonds. The Balaban J connectivity index is 1.30. The minimum atomic E-state index is -0.220. The van der Waals surface area contributed by atoms with Crippen LogP contribution in [-0.4, -0.2) is 45.8 Å². The molecule has 2 aromatic heterocycles. The van der Waals surface area contributed by atoms with Gasteiger partial charge in [-0.05, 0) is 55.5 Å². The van der Waals surface area contributed by atoms with E-state index in [0.29, 0.717) is 24.4 Å². The first-order valence-corrected chi connectivity index (χ1v) is 10.9. The van der Waals surface area contributed by atoms with Gasteiger partial charge in [-0.3, -0.25) is 9.59 Å². The van der Waals surface area contributed by atoms with Crippen molar-refractivity contribution in [3.63, 3.8) is 0 Å². The zero-order valence-corrected chi connectivity index (χ0v) is 18.3. The van der Waals surface area contributed by atoms with Gasteiger partial charge in [-0.15, -0.1) is 0 Å². The summed E-state index contributed by atoms with van der Waals surface area (Å²) in [5.41, 5.74) is 2.90. The second-order valence-electron chi connectivity index (χ2n) is 8.40. The van der Waals surface area contributed by atoms with Crippen molar-refractivity contribution in [2.24, 2.45) is 0 Å². The molecule has 32 heavy (non-hydrogen) atoms. The van der Waals surface area contributed by atoms with Gasteiger partial charge in [0.15, 0.2) is 0 Å². The van der Waals surface area contributed by atoms with E-state index in [1.165, 1.54) is 15.6 Å². The number of likely N-dealkylation sites (tertiary alicyclic amines) is 1. The number of hydrogen-bond donors (Lipinski definition) is 1. The first kappa shape index (κ1) is 20.3. The van der Waals surface area contributed by atoms with E-state index in [1.807, 2.05) is 42.2 Å². The fourth-order valence-corrected chi connectivity index (χ4v) is 4.77. The molecule has 7 nitrogen and oxygen atoms in total. The summed E-state index contributed by atoms with van der Waals surface area (Å²) in [5.74, 6) is 1.16. The molecule has 1 aliphatic rings. The van der Waals surface area contributed by atoms with Crippen LogP contribution in [0.4, 0.5) is 0 Å². The highest BCUT2D eigenvalue weighted by Gasteiger charge is 2.26. The number of carbonyl (C=O) groups is 1. The lowest BCUT2D eigenvalue weighted by atomic mass is 9.89. The molecule has 164 valence electrons. The van der Waals surface area contributed by atoms with Crippen LogP contribution in [0.1, 0.15) is 30.0 Å². The molecule has 5 rings (SSSR count).